The Morgan fingerprint density at radius 1 is 1.24 bits per heavy atom. The summed E-state index contributed by atoms with van der Waals surface area (Å²) in [5, 5.41) is 3.59. The van der Waals surface area contributed by atoms with Crippen LogP contribution in [-0.2, 0) is 23.8 Å². The maximum atomic E-state index is 11.6. The van der Waals surface area contributed by atoms with Gasteiger partial charge in [0.15, 0.2) is 0 Å². The summed E-state index contributed by atoms with van der Waals surface area (Å²) in [6.07, 6.45) is -0.782. The molecule has 1 N–H and O–H groups in total. The molecule has 0 aromatic heterocycles. The van der Waals surface area contributed by atoms with E-state index < -0.39 is 23.6 Å². The molecule has 0 aliphatic rings. The Morgan fingerprint density at radius 2 is 1.86 bits per heavy atom. The number of nitrogens with one attached hydrogen (secondary N) is 1. The first-order chi connectivity index (χ1) is 9.69. The summed E-state index contributed by atoms with van der Waals surface area (Å²) < 4.78 is 14.3. The van der Waals surface area contributed by atoms with E-state index in [9.17, 15) is 14.4 Å². The molecule has 1 amide bonds. The number of thioether (sulfide) groups is 1. The largest absolute Gasteiger partial charge is 0.465 e. The zero-order valence-corrected chi connectivity index (χ0v) is 13.7. The highest BCUT2D eigenvalue weighted by molar-refractivity contribution is 8.02. The van der Waals surface area contributed by atoms with E-state index in [1.807, 2.05) is 0 Å². The Kier molecular flexibility index (Phi) is 8.52. The van der Waals surface area contributed by atoms with Gasteiger partial charge in [0.2, 0.25) is 0 Å². The summed E-state index contributed by atoms with van der Waals surface area (Å²) in [6.45, 7) is 7.07. The summed E-state index contributed by atoms with van der Waals surface area (Å²) >= 11 is 1.01. The number of carbonyl (C=O) groups is 3. The van der Waals surface area contributed by atoms with Gasteiger partial charge >= 0.3 is 18.0 Å². The van der Waals surface area contributed by atoms with Gasteiger partial charge < -0.3 is 14.2 Å². The molecule has 0 saturated heterocycles. The highest BCUT2D eigenvalue weighted by Crippen LogP contribution is 2.10. The molecule has 0 aliphatic heterocycles. The van der Waals surface area contributed by atoms with Crippen LogP contribution < -0.4 is 5.32 Å². The first kappa shape index (κ1) is 19.3. The topological polar surface area (TPSA) is 90.9 Å². The predicted octanol–water partition coefficient (Wildman–Crippen LogP) is 1.82. The molecule has 0 aromatic rings. The number of rotatable bonds is 6. The Labute approximate surface area is 128 Å². The number of esters is 2. The van der Waals surface area contributed by atoms with Gasteiger partial charge in [0.1, 0.15) is 11.3 Å². The molecule has 0 aliphatic carbocycles. The first-order valence-corrected chi connectivity index (χ1v) is 7.30. The lowest BCUT2D eigenvalue weighted by molar-refractivity contribution is -0.140. The molecule has 0 bridgehead atoms. The van der Waals surface area contributed by atoms with E-state index in [2.05, 4.69) is 10.1 Å². The molecule has 21 heavy (non-hydrogen) atoms. The molecule has 0 atom stereocenters. The second kappa shape index (κ2) is 9.28. The minimum Gasteiger partial charge on any atom is -0.465 e. The maximum Gasteiger partial charge on any atom is 0.412 e. The molecule has 120 valence electrons. The molecule has 0 fully saturated rings. The van der Waals surface area contributed by atoms with Crippen LogP contribution in [0.15, 0.2) is 11.1 Å². The number of alkyl carbamates (subject to hydrolysis) is 1. The number of amides is 1. The van der Waals surface area contributed by atoms with Crippen molar-refractivity contribution in [1.29, 1.82) is 0 Å². The molecule has 0 heterocycles. The third-order valence-electron chi connectivity index (χ3n) is 1.75. The fraction of sp³-hybridized carbons (Fsp3) is 0.615. The lowest BCUT2D eigenvalue weighted by atomic mass is 10.2. The van der Waals surface area contributed by atoms with E-state index in [1.54, 1.807) is 27.7 Å². The summed E-state index contributed by atoms with van der Waals surface area (Å²) in [6, 6.07) is 0. The van der Waals surface area contributed by atoms with E-state index in [-0.39, 0.29) is 18.1 Å². The quantitative estimate of drug-likeness (QED) is 0.453. The number of carbonyl (C=O) groups excluding carboxylic acids is 3. The van der Waals surface area contributed by atoms with Gasteiger partial charge in [-0.25, -0.2) is 9.59 Å². The second-order valence-electron chi connectivity index (χ2n) is 4.77. The van der Waals surface area contributed by atoms with E-state index >= 15 is 0 Å². The van der Waals surface area contributed by atoms with Gasteiger partial charge in [0.05, 0.1) is 19.5 Å². The predicted molar refractivity (Wildman–Crippen MR) is 78.6 cm³/mol. The minimum absolute atomic E-state index is 0.0182. The van der Waals surface area contributed by atoms with Crippen molar-refractivity contribution in [3.05, 3.63) is 11.1 Å². The van der Waals surface area contributed by atoms with Crippen molar-refractivity contribution in [3.8, 4) is 0 Å². The zero-order valence-electron chi connectivity index (χ0n) is 12.8. The highest BCUT2D eigenvalue weighted by atomic mass is 32.2. The number of ether oxygens (including phenoxy) is 3. The van der Waals surface area contributed by atoms with Crippen LogP contribution in [0.5, 0.6) is 0 Å². The van der Waals surface area contributed by atoms with Crippen LogP contribution in [0.2, 0.25) is 0 Å². The SMILES string of the molecule is CCOC(=O)CS/C=C(\NC(=O)OC(C)(C)C)C(=O)OC. The Morgan fingerprint density at radius 3 is 2.33 bits per heavy atom. The standard InChI is InChI=1S/C13H21NO6S/c1-6-19-10(15)8-21-7-9(11(16)18-5)14-12(17)20-13(2,3)4/h7H,6,8H2,1-5H3,(H,14,17)/b9-7-. The molecule has 0 spiro atoms. The van der Waals surface area contributed by atoms with Crippen molar-refractivity contribution in [1.82, 2.24) is 5.32 Å². The molecule has 0 rings (SSSR count). The lowest BCUT2D eigenvalue weighted by Crippen LogP contribution is -2.34. The summed E-state index contributed by atoms with van der Waals surface area (Å²) in [4.78, 5) is 34.3. The van der Waals surface area contributed by atoms with Crippen molar-refractivity contribution < 1.29 is 28.6 Å². The van der Waals surface area contributed by atoms with Gasteiger partial charge in [-0.2, -0.15) is 0 Å². The third-order valence-corrected chi connectivity index (χ3v) is 2.55. The Balaban J connectivity index is 4.62. The minimum atomic E-state index is -0.782. The molecular formula is C13H21NO6S. The van der Waals surface area contributed by atoms with Gasteiger partial charge in [-0.1, -0.05) is 0 Å². The van der Waals surface area contributed by atoms with Gasteiger partial charge in [0, 0.05) is 5.41 Å². The van der Waals surface area contributed by atoms with E-state index in [0.29, 0.717) is 0 Å². The van der Waals surface area contributed by atoms with E-state index in [1.165, 1.54) is 12.5 Å². The van der Waals surface area contributed by atoms with Crippen LogP contribution in [0, 0.1) is 0 Å². The van der Waals surface area contributed by atoms with Crippen LogP contribution >= 0.6 is 11.8 Å². The second-order valence-corrected chi connectivity index (χ2v) is 5.62. The molecular weight excluding hydrogens is 298 g/mol. The first-order valence-electron chi connectivity index (χ1n) is 6.25. The smallest absolute Gasteiger partial charge is 0.412 e. The molecule has 0 aromatic carbocycles. The van der Waals surface area contributed by atoms with Gasteiger partial charge in [-0.15, -0.1) is 11.8 Å². The monoisotopic (exact) mass is 319 g/mol. The molecule has 8 heteroatoms. The normalized spacial score (nSPS) is 11.6. The average molecular weight is 319 g/mol. The van der Waals surface area contributed by atoms with Crippen molar-refractivity contribution in [2.24, 2.45) is 0 Å². The number of methoxy groups -OCH3 is 1. The fourth-order valence-electron chi connectivity index (χ4n) is 1.05. The third kappa shape index (κ3) is 9.78. The number of hydrogen-bond donors (Lipinski definition) is 1. The van der Waals surface area contributed by atoms with Crippen LogP contribution in [0.1, 0.15) is 27.7 Å². The van der Waals surface area contributed by atoms with Crippen LogP contribution in [0.4, 0.5) is 4.79 Å². The molecule has 7 nitrogen and oxygen atoms in total. The van der Waals surface area contributed by atoms with E-state index in [4.69, 9.17) is 9.47 Å². The summed E-state index contributed by atoms with van der Waals surface area (Å²) in [5.41, 5.74) is -0.801. The van der Waals surface area contributed by atoms with Gasteiger partial charge in [-0.05, 0) is 27.7 Å². The van der Waals surface area contributed by atoms with Crippen molar-refractivity contribution in [2.45, 2.75) is 33.3 Å². The van der Waals surface area contributed by atoms with E-state index in [0.717, 1.165) is 11.8 Å². The summed E-state index contributed by atoms with van der Waals surface area (Å²) in [5.74, 6) is -1.14. The van der Waals surface area contributed by atoms with Crippen LogP contribution in [-0.4, -0.2) is 43.1 Å². The molecule has 0 unspecified atom stereocenters. The number of hydrogen-bond acceptors (Lipinski definition) is 7. The van der Waals surface area contributed by atoms with Crippen LogP contribution in [0.3, 0.4) is 0 Å². The zero-order chi connectivity index (χ0) is 16.5. The molecule has 0 radical (unpaired) electrons. The Hall–Kier alpha value is -1.70. The molecule has 0 saturated carbocycles. The van der Waals surface area contributed by atoms with Gasteiger partial charge in [-0.3, -0.25) is 10.1 Å². The Bertz CT molecular complexity index is 413. The van der Waals surface area contributed by atoms with Crippen LogP contribution in [0.25, 0.3) is 0 Å². The lowest BCUT2D eigenvalue weighted by Gasteiger charge is -2.20. The van der Waals surface area contributed by atoms with Crippen molar-refractivity contribution in [3.63, 3.8) is 0 Å². The fourth-order valence-corrected chi connectivity index (χ4v) is 1.67. The average Bonchev–Trinajstić information content (AvgIpc) is 2.34. The van der Waals surface area contributed by atoms with Crippen molar-refractivity contribution in [2.75, 3.05) is 19.5 Å². The van der Waals surface area contributed by atoms with Gasteiger partial charge in [0.25, 0.3) is 0 Å². The summed E-state index contributed by atoms with van der Waals surface area (Å²) in [7, 11) is 1.18. The maximum absolute atomic E-state index is 11.6. The van der Waals surface area contributed by atoms with Crippen molar-refractivity contribution >= 4 is 29.8 Å². The highest BCUT2D eigenvalue weighted by Gasteiger charge is 2.20.